The van der Waals surface area contributed by atoms with Gasteiger partial charge in [0.2, 0.25) is 0 Å². The zero-order valence-corrected chi connectivity index (χ0v) is 17.1. The van der Waals surface area contributed by atoms with Gasteiger partial charge in [0.1, 0.15) is 5.52 Å². The van der Waals surface area contributed by atoms with Gasteiger partial charge in [0.05, 0.1) is 28.7 Å². The molecule has 2 N–H and O–H groups in total. The number of nitrogens with zero attached hydrogens (tertiary/aromatic N) is 5. The second kappa shape index (κ2) is 7.24. The van der Waals surface area contributed by atoms with E-state index >= 15 is 0 Å². The van der Waals surface area contributed by atoms with Gasteiger partial charge < -0.3 is 10.4 Å². The SMILES string of the molecule is CCNc1cc(-n2ccc3ncc(-c4ccc5nn(C)cc5c4)nc32)ccc1C(=O)O. The molecular weight excluding hydrogens is 392 g/mol. The molecule has 3 aromatic heterocycles. The maximum atomic E-state index is 11.5. The zero-order valence-electron chi connectivity index (χ0n) is 17.1. The minimum absolute atomic E-state index is 0.235. The second-order valence-corrected chi connectivity index (χ2v) is 7.29. The van der Waals surface area contributed by atoms with Crippen molar-refractivity contribution in [2.45, 2.75) is 6.92 Å². The van der Waals surface area contributed by atoms with Gasteiger partial charge in [0, 0.05) is 42.6 Å². The smallest absolute Gasteiger partial charge is 0.337 e. The first-order chi connectivity index (χ1) is 15.0. The number of hydrogen-bond donors (Lipinski definition) is 2. The maximum Gasteiger partial charge on any atom is 0.337 e. The number of hydrogen-bond acceptors (Lipinski definition) is 5. The molecule has 0 aliphatic rings. The highest BCUT2D eigenvalue weighted by Gasteiger charge is 2.14. The average Bonchev–Trinajstić information content (AvgIpc) is 3.35. The molecule has 0 fully saturated rings. The Kier molecular flexibility index (Phi) is 4.39. The minimum atomic E-state index is -0.965. The van der Waals surface area contributed by atoms with Crippen molar-refractivity contribution in [2.75, 3.05) is 11.9 Å². The molecular formula is C23H20N6O2. The van der Waals surface area contributed by atoms with Crippen molar-refractivity contribution in [3.05, 3.63) is 66.6 Å². The van der Waals surface area contributed by atoms with E-state index < -0.39 is 5.97 Å². The van der Waals surface area contributed by atoms with Crippen LogP contribution in [-0.2, 0) is 7.05 Å². The first kappa shape index (κ1) is 18.8. The van der Waals surface area contributed by atoms with Crippen LogP contribution in [0, 0.1) is 0 Å². The van der Waals surface area contributed by atoms with Gasteiger partial charge >= 0.3 is 5.97 Å². The molecule has 0 aliphatic heterocycles. The van der Waals surface area contributed by atoms with Crippen LogP contribution in [-0.4, -0.2) is 41.9 Å². The fraction of sp³-hybridized carbons (Fsp3) is 0.130. The zero-order chi connectivity index (χ0) is 21.5. The number of fused-ring (bicyclic) bond motifs is 2. The predicted molar refractivity (Wildman–Crippen MR) is 120 cm³/mol. The molecule has 0 unspecified atom stereocenters. The second-order valence-electron chi connectivity index (χ2n) is 7.29. The summed E-state index contributed by atoms with van der Waals surface area (Å²) < 4.78 is 3.71. The summed E-state index contributed by atoms with van der Waals surface area (Å²) in [6, 6.07) is 13.1. The van der Waals surface area contributed by atoms with E-state index in [1.807, 2.05) is 55.2 Å². The molecule has 8 heteroatoms. The third-order valence-electron chi connectivity index (χ3n) is 5.18. The number of rotatable bonds is 5. The lowest BCUT2D eigenvalue weighted by Crippen LogP contribution is -2.07. The van der Waals surface area contributed by atoms with Gasteiger partial charge in [-0.15, -0.1) is 0 Å². The molecule has 0 radical (unpaired) electrons. The van der Waals surface area contributed by atoms with E-state index in [2.05, 4.69) is 21.5 Å². The van der Waals surface area contributed by atoms with Crippen molar-refractivity contribution in [2.24, 2.45) is 7.05 Å². The molecule has 0 saturated heterocycles. The van der Waals surface area contributed by atoms with Crippen LogP contribution >= 0.6 is 0 Å². The lowest BCUT2D eigenvalue weighted by Gasteiger charge is -2.12. The number of aromatic nitrogens is 5. The third-order valence-corrected chi connectivity index (χ3v) is 5.18. The quantitative estimate of drug-likeness (QED) is 0.451. The molecule has 0 bridgehead atoms. The molecule has 3 heterocycles. The third kappa shape index (κ3) is 3.28. The molecule has 0 aliphatic carbocycles. The van der Waals surface area contributed by atoms with Crippen LogP contribution in [0.4, 0.5) is 5.69 Å². The molecule has 2 aromatic carbocycles. The summed E-state index contributed by atoms with van der Waals surface area (Å²) in [5.74, 6) is -0.965. The van der Waals surface area contributed by atoms with E-state index in [-0.39, 0.29) is 5.56 Å². The fourth-order valence-corrected chi connectivity index (χ4v) is 3.76. The van der Waals surface area contributed by atoms with Crippen molar-refractivity contribution >= 4 is 33.7 Å². The maximum absolute atomic E-state index is 11.5. The first-order valence-electron chi connectivity index (χ1n) is 9.93. The van der Waals surface area contributed by atoms with Gasteiger partial charge in [-0.25, -0.2) is 9.78 Å². The molecule has 154 valence electrons. The Morgan fingerprint density at radius 3 is 2.81 bits per heavy atom. The van der Waals surface area contributed by atoms with Crippen LogP contribution in [0.3, 0.4) is 0 Å². The molecule has 0 saturated carbocycles. The number of nitrogens with one attached hydrogen (secondary N) is 1. The monoisotopic (exact) mass is 412 g/mol. The first-order valence-corrected chi connectivity index (χ1v) is 9.93. The number of carboxylic acid groups (broad SMARTS) is 1. The number of carbonyl (C=O) groups is 1. The summed E-state index contributed by atoms with van der Waals surface area (Å²) in [5, 5.41) is 18.0. The number of aryl methyl sites for hydroxylation is 1. The largest absolute Gasteiger partial charge is 0.478 e. The Morgan fingerprint density at radius 2 is 2.00 bits per heavy atom. The van der Waals surface area contributed by atoms with E-state index in [0.29, 0.717) is 17.9 Å². The summed E-state index contributed by atoms with van der Waals surface area (Å²) >= 11 is 0. The van der Waals surface area contributed by atoms with Crippen LogP contribution in [0.5, 0.6) is 0 Å². The summed E-state index contributed by atoms with van der Waals surface area (Å²) in [7, 11) is 1.90. The van der Waals surface area contributed by atoms with Crippen molar-refractivity contribution in [3.63, 3.8) is 0 Å². The fourth-order valence-electron chi connectivity index (χ4n) is 3.76. The Hall–Kier alpha value is -4.20. The molecule has 5 rings (SSSR count). The molecule has 8 nitrogen and oxygen atoms in total. The summed E-state index contributed by atoms with van der Waals surface area (Å²) in [6.45, 7) is 2.55. The highest BCUT2D eigenvalue weighted by atomic mass is 16.4. The normalized spacial score (nSPS) is 11.3. The van der Waals surface area contributed by atoms with Gasteiger partial charge in [-0.2, -0.15) is 5.10 Å². The molecule has 31 heavy (non-hydrogen) atoms. The molecule has 0 spiro atoms. The van der Waals surface area contributed by atoms with Crippen molar-refractivity contribution in [3.8, 4) is 16.9 Å². The van der Waals surface area contributed by atoms with Crippen molar-refractivity contribution in [1.29, 1.82) is 0 Å². The summed E-state index contributed by atoms with van der Waals surface area (Å²) in [5.41, 5.74) is 5.72. The van der Waals surface area contributed by atoms with Crippen LogP contribution in [0.15, 0.2) is 61.1 Å². The minimum Gasteiger partial charge on any atom is -0.478 e. The predicted octanol–water partition coefficient (Wildman–Crippen LogP) is 4.10. The van der Waals surface area contributed by atoms with Crippen molar-refractivity contribution < 1.29 is 9.90 Å². The Morgan fingerprint density at radius 1 is 1.13 bits per heavy atom. The Labute approximate surface area is 177 Å². The van der Waals surface area contributed by atoms with Crippen LogP contribution in [0.25, 0.3) is 39.0 Å². The van der Waals surface area contributed by atoms with Crippen LogP contribution in [0.1, 0.15) is 17.3 Å². The topological polar surface area (TPSA) is 97.9 Å². The van der Waals surface area contributed by atoms with Gasteiger partial charge in [-0.05, 0) is 43.3 Å². The summed E-state index contributed by atoms with van der Waals surface area (Å²) in [6.07, 6.45) is 5.63. The Balaban J connectivity index is 1.62. The number of anilines is 1. The highest BCUT2D eigenvalue weighted by Crippen LogP contribution is 2.27. The summed E-state index contributed by atoms with van der Waals surface area (Å²) in [4.78, 5) is 21.0. The van der Waals surface area contributed by atoms with Gasteiger partial charge in [0.25, 0.3) is 0 Å². The molecule has 5 aromatic rings. The standard InChI is InChI=1S/C23H20N6O2/c1-3-24-20-11-16(5-6-17(20)23(30)31)29-9-8-19-22(29)26-21(12-25-19)14-4-7-18-15(10-14)13-28(2)27-18/h4-13,24H,3H2,1-2H3,(H,30,31). The molecule has 0 atom stereocenters. The highest BCUT2D eigenvalue weighted by molar-refractivity contribution is 5.95. The average molecular weight is 412 g/mol. The van der Waals surface area contributed by atoms with Crippen LogP contribution in [0.2, 0.25) is 0 Å². The van der Waals surface area contributed by atoms with E-state index in [9.17, 15) is 9.90 Å². The van der Waals surface area contributed by atoms with Gasteiger partial charge in [0.15, 0.2) is 5.65 Å². The molecule has 0 amide bonds. The van der Waals surface area contributed by atoms with E-state index in [0.717, 1.165) is 33.4 Å². The number of aromatic carboxylic acids is 1. The van der Waals surface area contributed by atoms with Gasteiger partial charge in [-0.3, -0.25) is 14.2 Å². The lowest BCUT2D eigenvalue weighted by molar-refractivity contribution is 0.0698. The Bertz CT molecular complexity index is 1450. The lowest BCUT2D eigenvalue weighted by atomic mass is 10.1. The van der Waals surface area contributed by atoms with Crippen LogP contribution < -0.4 is 5.32 Å². The number of carboxylic acids is 1. The van der Waals surface area contributed by atoms with E-state index in [4.69, 9.17) is 4.98 Å². The van der Waals surface area contributed by atoms with Gasteiger partial charge in [-0.1, -0.05) is 6.07 Å². The van der Waals surface area contributed by atoms with E-state index in [1.54, 1.807) is 23.0 Å². The van der Waals surface area contributed by atoms with Crippen molar-refractivity contribution in [1.82, 2.24) is 24.3 Å². The number of benzene rings is 2. The van der Waals surface area contributed by atoms with E-state index in [1.165, 1.54) is 0 Å².